The number of morpholine rings is 1. The van der Waals surface area contributed by atoms with Crippen molar-refractivity contribution < 1.29 is 4.74 Å². The molecule has 94 valence electrons. The first-order valence-corrected chi connectivity index (χ1v) is 6.36. The zero-order chi connectivity index (χ0) is 12.3. The van der Waals surface area contributed by atoms with Crippen molar-refractivity contribution in [1.29, 1.82) is 0 Å². The average molecular weight is 234 g/mol. The van der Waals surface area contributed by atoms with Crippen LogP contribution in [0.3, 0.4) is 0 Å². The van der Waals surface area contributed by atoms with Gasteiger partial charge in [0.05, 0.1) is 12.2 Å². The van der Waals surface area contributed by atoms with Gasteiger partial charge in [0.25, 0.3) is 0 Å². The summed E-state index contributed by atoms with van der Waals surface area (Å²) in [5, 5.41) is 0. The number of ether oxygens (including phenoxy) is 1. The lowest BCUT2D eigenvalue weighted by Gasteiger charge is -2.35. The van der Waals surface area contributed by atoms with Gasteiger partial charge < -0.3 is 10.5 Å². The van der Waals surface area contributed by atoms with Crippen LogP contribution in [-0.4, -0.2) is 36.7 Å². The maximum atomic E-state index is 5.95. The molecule has 0 radical (unpaired) electrons. The molecule has 0 amide bonds. The maximum Gasteiger partial charge on any atom is 0.0678 e. The van der Waals surface area contributed by atoms with Crippen molar-refractivity contribution in [2.75, 3.05) is 25.4 Å². The first kappa shape index (κ1) is 12.4. The number of hydrogen-bond donors (Lipinski definition) is 1. The number of anilines is 1. The van der Waals surface area contributed by atoms with Gasteiger partial charge in [-0.1, -0.05) is 18.2 Å². The average Bonchev–Trinajstić information content (AvgIpc) is 2.27. The second kappa shape index (κ2) is 5.52. The molecule has 0 aromatic heterocycles. The third kappa shape index (κ3) is 3.45. The topological polar surface area (TPSA) is 38.5 Å². The lowest BCUT2D eigenvalue weighted by Crippen LogP contribution is -2.46. The third-order valence-corrected chi connectivity index (χ3v) is 3.25. The van der Waals surface area contributed by atoms with Crippen LogP contribution in [0.2, 0.25) is 0 Å². The van der Waals surface area contributed by atoms with Crippen LogP contribution >= 0.6 is 0 Å². The highest BCUT2D eigenvalue weighted by Gasteiger charge is 2.21. The van der Waals surface area contributed by atoms with Crippen LogP contribution in [0.4, 0.5) is 5.69 Å². The fourth-order valence-corrected chi connectivity index (χ4v) is 2.51. The van der Waals surface area contributed by atoms with Gasteiger partial charge in [-0.2, -0.15) is 0 Å². The molecule has 2 N–H and O–H groups in total. The molecule has 2 rings (SSSR count). The van der Waals surface area contributed by atoms with Gasteiger partial charge >= 0.3 is 0 Å². The van der Waals surface area contributed by atoms with Gasteiger partial charge in [-0.3, -0.25) is 4.90 Å². The van der Waals surface area contributed by atoms with E-state index in [4.69, 9.17) is 10.5 Å². The van der Waals surface area contributed by atoms with Crippen LogP contribution in [0.1, 0.15) is 19.4 Å². The van der Waals surface area contributed by atoms with Crippen LogP contribution in [-0.2, 0) is 11.2 Å². The Labute approximate surface area is 104 Å². The third-order valence-electron chi connectivity index (χ3n) is 3.25. The summed E-state index contributed by atoms with van der Waals surface area (Å²) >= 11 is 0. The molecule has 2 atom stereocenters. The fraction of sp³-hybridized carbons (Fsp3) is 0.571. The zero-order valence-corrected chi connectivity index (χ0v) is 10.7. The molecule has 1 fully saturated rings. The van der Waals surface area contributed by atoms with Crippen LogP contribution in [0, 0.1) is 0 Å². The Morgan fingerprint density at radius 2 is 1.88 bits per heavy atom. The number of nitrogens with zero attached hydrogens (tertiary/aromatic N) is 1. The van der Waals surface area contributed by atoms with E-state index in [1.807, 2.05) is 12.1 Å². The van der Waals surface area contributed by atoms with Gasteiger partial charge in [0.2, 0.25) is 0 Å². The van der Waals surface area contributed by atoms with Crippen molar-refractivity contribution in [2.24, 2.45) is 0 Å². The molecule has 1 aliphatic heterocycles. The highest BCUT2D eigenvalue weighted by atomic mass is 16.5. The van der Waals surface area contributed by atoms with E-state index in [1.54, 1.807) is 0 Å². The zero-order valence-electron chi connectivity index (χ0n) is 10.7. The minimum atomic E-state index is 0.340. The van der Waals surface area contributed by atoms with Crippen molar-refractivity contribution >= 4 is 5.69 Å². The Morgan fingerprint density at radius 3 is 2.53 bits per heavy atom. The van der Waals surface area contributed by atoms with E-state index in [0.717, 1.165) is 31.7 Å². The molecule has 3 nitrogen and oxygen atoms in total. The minimum absolute atomic E-state index is 0.340. The van der Waals surface area contributed by atoms with E-state index in [0.29, 0.717) is 12.2 Å². The van der Waals surface area contributed by atoms with E-state index < -0.39 is 0 Å². The van der Waals surface area contributed by atoms with E-state index in [-0.39, 0.29) is 0 Å². The maximum absolute atomic E-state index is 5.95. The first-order chi connectivity index (χ1) is 8.15. The van der Waals surface area contributed by atoms with Gasteiger partial charge in [0.1, 0.15) is 0 Å². The molecule has 0 saturated carbocycles. The summed E-state index contributed by atoms with van der Waals surface area (Å²) in [6, 6.07) is 8.12. The first-order valence-electron chi connectivity index (χ1n) is 6.36. The number of hydrogen-bond acceptors (Lipinski definition) is 3. The van der Waals surface area contributed by atoms with Crippen molar-refractivity contribution in [3.8, 4) is 0 Å². The van der Waals surface area contributed by atoms with Gasteiger partial charge in [0, 0.05) is 25.3 Å². The summed E-state index contributed by atoms with van der Waals surface area (Å²) in [5.74, 6) is 0. The van der Waals surface area contributed by atoms with Gasteiger partial charge in [-0.15, -0.1) is 0 Å². The summed E-state index contributed by atoms with van der Waals surface area (Å²) in [7, 11) is 0. The Morgan fingerprint density at radius 1 is 1.24 bits per heavy atom. The molecule has 0 unspecified atom stereocenters. The van der Waals surface area contributed by atoms with E-state index in [1.165, 1.54) is 5.56 Å². The molecule has 1 heterocycles. The molecule has 1 aliphatic rings. The van der Waals surface area contributed by atoms with Crippen LogP contribution in [0.5, 0.6) is 0 Å². The van der Waals surface area contributed by atoms with E-state index in [9.17, 15) is 0 Å². The van der Waals surface area contributed by atoms with Crippen LogP contribution in [0.25, 0.3) is 0 Å². The predicted octanol–water partition coefficient (Wildman–Crippen LogP) is 1.92. The number of benzene rings is 1. The standard InChI is InChI=1S/C14H22N2O/c1-11-9-16(10-12(2)17-11)8-7-13-5-3-4-6-14(13)15/h3-6,11-12H,7-10,15H2,1-2H3/t11-,12+. The molecule has 1 aromatic rings. The molecule has 17 heavy (non-hydrogen) atoms. The van der Waals surface area contributed by atoms with E-state index >= 15 is 0 Å². The second-order valence-corrected chi connectivity index (χ2v) is 4.97. The number of nitrogens with two attached hydrogens (primary N) is 1. The Bertz CT molecular complexity index is 357. The van der Waals surface area contributed by atoms with Crippen LogP contribution < -0.4 is 5.73 Å². The molecule has 0 bridgehead atoms. The molecule has 0 aliphatic carbocycles. The van der Waals surface area contributed by atoms with Gasteiger partial charge in [-0.05, 0) is 31.9 Å². The van der Waals surface area contributed by atoms with Crippen molar-refractivity contribution in [3.05, 3.63) is 29.8 Å². The smallest absolute Gasteiger partial charge is 0.0678 e. The monoisotopic (exact) mass is 234 g/mol. The summed E-state index contributed by atoms with van der Waals surface area (Å²) in [6.45, 7) is 7.39. The second-order valence-electron chi connectivity index (χ2n) is 4.97. The summed E-state index contributed by atoms with van der Waals surface area (Å²) in [5.41, 5.74) is 8.10. The molecular weight excluding hydrogens is 212 g/mol. The predicted molar refractivity (Wildman–Crippen MR) is 71.0 cm³/mol. The highest BCUT2D eigenvalue weighted by Crippen LogP contribution is 2.14. The SMILES string of the molecule is C[C@@H]1CN(CCc2ccccc2N)C[C@H](C)O1. The van der Waals surface area contributed by atoms with Crippen molar-refractivity contribution in [3.63, 3.8) is 0 Å². The number of rotatable bonds is 3. The quantitative estimate of drug-likeness (QED) is 0.812. The van der Waals surface area contributed by atoms with Crippen LogP contribution in [0.15, 0.2) is 24.3 Å². The molecular formula is C14H22N2O. The Balaban J connectivity index is 1.88. The summed E-state index contributed by atoms with van der Waals surface area (Å²) in [4.78, 5) is 2.46. The fourth-order valence-electron chi connectivity index (χ4n) is 2.51. The summed E-state index contributed by atoms with van der Waals surface area (Å²) in [6.07, 6.45) is 1.70. The Hall–Kier alpha value is -1.06. The minimum Gasteiger partial charge on any atom is -0.399 e. The molecule has 1 aromatic carbocycles. The largest absolute Gasteiger partial charge is 0.399 e. The Kier molecular flexibility index (Phi) is 4.02. The van der Waals surface area contributed by atoms with Crippen molar-refractivity contribution in [1.82, 2.24) is 4.90 Å². The number of nitrogen functional groups attached to an aromatic ring is 1. The normalized spacial score (nSPS) is 26.0. The van der Waals surface area contributed by atoms with Gasteiger partial charge in [-0.25, -0.2) is 0 Å². The van der Waals surface area contributed by atoms with Crippen molar-refractivity contribution in [2.45, 2.75) is 32.5 Å². The number of para-hydroxylation sites is 1. The lowest BCUT2D eigenvalue weighted by molar-refractivity contribution is -0.0675. The molecule has 0 spiro atoms. The molecule has 1 saturated heterocycles. The lowest BCUT2D eigenvalue weighted by atomic mass is 10.1. The highest BCUT2D eigenvalue weighted by molar-refractivity contribution is 5.46. The molecule has 3 heteroatoms. The van der Waals surface area contributed by atoms with Gasteiger partial charge in [0.15, 0.2) is 0 Å². The van der Waals surface area contributed by atoms with E-state index in [2.05, 4.69) is 30.9 Å². The summed E-state index contributed by atoms with van der Waals surface area (Å²) < 4.78 is 5.73.